The molecule has 0 aromatic heterocycles. The molecule has 4 heteroatoms. The highest BCUT2D eigenvalue weighted by Crippen LogP contribution is 2.11. The van der Waals surface area contributed by atoms with Gasteiger partial charge in [0.15, 0.2) is 0 Å². The van der Waals surface area contributed by atoms with E-state index in [1.54, 1.807) is 36.4 Å². The summed E-state index contributed by atoms with van der Waals surface area (Å²) in [6.07, 6.45) is 4.39. The second kappa shape index (κ2) is 10.1. The summed E-state index contributed by atoms with van der Waals surface area (Å²) in [6.45, 7) is 9.45. The van der Waals surface area contributed by atoms with Gasteiger partial charge >= 0.3 is 11.9 Å². The Morgan fingerprint density at radius 1 is 0.889 bits per heavy atom. The van der Waals surface area contributed by atoms with Crippen LogP contribution in [0.25, 0.3) is 12.2 Å². The average molecular weight is 364 g/mol. The molecule has 0 spiro atoms. The summed E-state index contributed by atoms with van der Waals surface area (Å²) in [5.74, 6) is -0.727. The molecular formula is C23H24O4. The molecule has 4 nitrogen and oxygen atoms in total. The molecule has 0 bridgehead atoms. The SMILES string of the molecule is C=Cc1ccc(C(=O)OCCC[C@@H](C)OC(=O)c2ccc(C=C)cc2)cc1. The molecule has 1 atom stereocenters. The van der Waals surface area contributed by atoms with Crippen LogP contribution in [0.3, 0.4) is 0 Å². The van der Waals surface area contributed by atoms with Crippen molar-refractivity contribution < 1.29 is 19.1 Å². The average Bonchev–Trinajstić information content (AvgIpc) is 2.71. The van der Waals surface area contributed by atoms with Gasteiger partial charge in [-0.05, 0) is 55.2 Å². The van der Waals surface area contributed by atoms with Gasteiger partial charge in [-0.1, -0.05) is 49.6 Å². The van der Waals surface area contributed by atoms with Crippen LogP contribution in [0.4, 0.5) is 0 Å². The number of benzene rings is 2. The zero-order valence-corrected chi connectivity index (χ0v) is 15.5. The number of hydrogen-bond acceptors (Lipinski definition) is 4. The third kappa shape index (κ3) is 6.26. The van der Waals surface area contributed by atoms with Crippen LogP contribution in [0, 0.1) is 0 Å². The summed E-state index contributed by atoms with van der Waals surface area (Å²) in [7, 11) is 0. The van der Waals surface area contributed by atoms with Gasteiger partial charge in [0.1, 0.15) is 0 Å². The second-order valence-corrected chi connectivity index (χ2v) is 6.15. The first-order chi connectivity index (χ1) is 13.0. The Balaban J connectivity index is 1.70. The van der Waals surface area contributed by atoms with Crippen molar-refractivity contribution >= 4 is 24.1 Å². The molecule has 0 saturated carbocycles. The maximum atomic E-state index is 12.1. The van der Waals surface area contributed by atoms with E-state index < -0.39 is 0 Å². The molecule has 2 aromatic rings. The molecule has 0 N–H and O–H groups in total. The fourth-order valence-electron chi connectivity index (χ4n) is 2.44. The minimum absolute atomic E-state index is 0.262. The first-order valence-electron chi connectivity index (χ1n) is 8.86. The number of carbonyl (C=O) groups excluding carboxylic acids is 2. The second-order valence-electron chi connectivity index (χ2n) is 6.15. The Kier molecular flexibility index (Phi) is 7.56. The first kappa shape index (κ1) is 20.2. The summed E-state index contributed by atoms with van der Waals surface area (Å²) in [5, 5.41) is 0. The number of ether oxygens (including phenoxy) is 2. The maximum Gasteiger partial charge on any atom is 0.338 e. The Morgan fingerprint density at radius 2 is 1.37 bits per heavy atom. The highest BCUT2D eigenvalue weighted by Gasteiger charge is 2.12. The van der Waals surface area contributed by atoms with Gasteiger partial charge in [0.25, 0.3) is 0 Å². The van der Waals surface area contributed by atoms with Crippen molar-refractivity contribution in [3.05, 3.63) is 83.9 Å². The lowest BCUT2D eigenvalue weighted by atomic mass is 10.1. The highest BCUT2D eigenvalue weighted by atomic mass is 16.5. The van der Waals surface area contributed by atoms with E-state index in [0.717, 1.165) is 11.1 Å². The van der Waals surface area contributed by atoms with Crippen molar-refractivity contribution in [2.75, 3.05) is 6.61 Å². The van der Waals surface area contributed by atoms with E-state index in [-0.39, 0.29) is 24.6 Å². The van der Waals surface area contributed by atoms with Gasteiger partial charge in [-0.25, -0.2) is 9.59 Å². The Bertz CT molecular complexity index is 788. The lowest BCUT2D eigenvalue weighted by molar-refractivity contribution is 0.0280. The molecule has 0 aliphatic carbocycles. The molecule has 0 fully saturated rings. The molecule has 0 aliphatic rings. The quantitative estimate of drug-likeness (QED) is 0.456. The number of carbonyl (C=O) groups is 2. The Hall–Kier alpha value is -3.14. The van der Waals surface area contributed by atoms with Crippen molar-refractivity contribution in [2.24, 2.45) is 0 Å². The van der Waals surface area contributed by atoms with Gasteiger partial charge < -0.3 is 9.47 Å². The largest absolute Gasteiger partial charge is 0.462 e. The lowest BCUT2D eigenvalue weighted by Crippen LogP contribution is -2.16. The van der Waals surface area contributed by atoms with Gasteiger partial charge in [-0.2, -0.15) is 0 Å². The number of esters is 2. The minimum Gasteiger partial charge on any atom is -0.462 e. The van der Waals surface area contributed by atoms with Gasteiger partial charge in [0.05, 0.1) is 23.8 Å². The Morgan fingerprint density at radius 3 is 1.85 bits per heavy atom. The van der Waals surface area contributed by atoms with E-state index in [4.69, 9.17) is 9.47 Å². The molecular weight excluding hydrogens is 340 g/mol. The van der Waals surface area contributed by atoms with E-state index in [9.17, 15) is 9.59 Å². The lowest BCUT2D eigenvalue weighted by Gasteiger charge is -2.13. The summed E-state index contributed by atoms with van der Waals surface area (Å²) in [6, 6.07) is 14.1. The predicted molar refractivity (Wildman–Crippen MR) is 107 cm³/mol. The molecule has 140 valence electrons. The third-order valence-electron chi connectivity index (χ3n) is 4.06. The smallest absolute Gasteiger partial charge is 0.338 e. The van der Waals surface area contributed by atoms with E-state index in [1.165, 1.54) is 0 Å². The normalized spacial score (nSPS) is 11.3. The molecule has 0 heterocycles. The molecule has 2 aromatic carbocycles. The number of hydrogen-bond donors (Lipinski definition) is 0. The molecule has 0 saturated heterocycles. The molecule has 0 amide bonds. The van der Waals surface area contributed by atoms with Crippen LogP contribution in [-0.4, -0.2) is 24.6 Å². The fraction of sp³-hybridized carbons (Fsp3) is 0.217. The molecule has 27 heavy (non-hydrogen) atoms. The van der Waals surface area contributed by atoms with Crippen LogP contribution >= 0.6 is 0 Å². The van der Waals surface area contributed by atoms with E-state index in [1.807, 2.05) is 31.2 Å². The molecule has 0 radical (unpaired) electrons. The van der Waals surface area contributed by atoms with Crippen LogP contribution in [0.5, 0.6) is 0 Å². The van der Waals surface area contributed by atoms with Crippen LogP contribution in [0.1, 0.15) is 51.6 Å². The molecule has 0 unspecified atom stereocenters. The topological polar surface area (TPSA) is 52.6 Å². The molecule has 2 rings (SSSR count). The summed E-state index contributed by atoms with van der Waals surface area (Å²) >= 11 is 0. The van der Waals surface area contributed by atoms with Gasteiger partial charge in [0, 0.05) is 0 Å². The van der Waals surface area contributed by atoms with Crippen molar-refractivity contribution in [1.82, 2.24) is 0 Å². The number of rotatable bonds is 9. The summed E-state index contributed by atoms with van der Waals surface area (Å²) in [5.41, 5.74) is 2.90. The van der Waals surface area contributed by atoms with Crippen molar-refractivity contribution in [3.63, 3.8) is 0 Å². The maximum absolute atomic E-state index is 12.1. The van der Waals surface area contributed by atoms with Crippen molar-refractivity contribution in [2.45, 2.75) is 25.9 Å². The van der Waals surface area contributed by atoms with Gasteiger partial charge in [-0.3, -0.25) is 0 Å². The fourth-order valence-corrected chi connectivity index (χ4v) is 2.44. The van der Waals surface area contributed by atoms with Crippen molar-refractivity contribution in [1.29, 1.82) is 0 Å². The van der Waals surface area contributed by atoms with Crippen LogP contribution in [-0.2, 0) is 9.47 Å². The van der Waals surface area contributed by atoms with E-state index in [2.05, 4.69) is 13.2 Å². The van der Waals surface area contributed by atoms with E-state index >= 15 is 0 Å². The zero-order valence-electron chi connectivity index (χ0n) is 15.5. The monoisotopic (exact) mass is 364 g/mol. The zero-order chi connectivity index (χ0) is 19.6. The van der Waals surface area contributed by atoms with Crippen molar-refractivity contribution in [3.8, 4) is 0 Å². The Labute approximate surface area is 160 Å². The predicted octanol–water partition coefficient (Wildman–Crippen LogP) is 5.16. The van der Waals surface area contributed by atoms with Crippen LogP contribution < -0.4 is 0 Å². The highest BCUT2D eigenvalue weighted by molar-refractivity contribution is 5.90. The van der Waals surface area contributed by atoms with Gasteiger partial charge in [-0.15, -0.1) is 0 Å². The summed E-state index contributed by atoms with van der Waals surface area (Å²) < 4.78 is 10.7. The van der Waals surface area contributed by atoms with Gasteiger partial charge in [0.2, 0.25) is 0 Å². The first-order valence-corrected chi connectivity index (χ1v) is 8.86. The van der Waals surface area contributed by atoms with Crippen LogP contribution in [0.15, 0.2) is 61.7 Å². The summed E-state index contributed by atoms with van der Waals surface area (Å²) in [4.78, 5) is 24.1. The standard InChI is InChI=1S/C23H24O4/c1-4-18-8-12-20(13-9-18)22(24)26-16-6-7-17(3)27-23(25)21-14-10-19(5-2)11-15-21/h4-5,8-15,17H,1-2,6-7,16H2,3H3/t17-/m1/s1. The molecule has 0 aliphatic heterocycles. The third-order valence-corrected chi connectivity index (χ3v) is 4.06. The minimum atomic E-state index is -0.364. The van der Waals surface area contributed by atoms with Crippen LogP contribution in [0.2, 0.25) is 0 Å². The van der Waals surface area contributed by atoms with E-state index in [0.29, 0.717) is 24.0 Å².